The summed E-state index contributed by atoms with van der Waals surface area (Å²) >= 11 is 12.4. The van der Waals surface area contributed by atoms with Crippen LogP contribution in [0.4, 0.5) is 5.82 Å². The van der Waals surface area contributed by atoms with Gasteiger partial charge in [-0.05, 0) is 25.0 Å². The van der Waals surface area contributed by atoms with Crippen LogP contribution in [0.5, 0.6) is 0 Å². The molecule has 4 atom stereocenters. The van der Waals surface area contributed by atoms with Crippen molar-refractivity contribution in [3.63, 3.8) is 0 Å². The van der Waals surface area contributed by atoms with Crippen LogP contribution in [-0.4, -0.2) is 33.8 Å². The number of rotatable bonds is 3. The number of amides is 2. The van der Waals surface area contributed by atoms with Crippen LogP contribution < -0.4 is 4.90 Å². The van der Waals surface area contributed by atoms with Crippen molar-refractivity contribution in [3.05, 3.63) is 46.1 Å². The molecule has 3 saturated heterocycles. The van der Waals surface area contributed by atoms with Crippen molar-refractivity contribution in [3.8, 4) is 0 Å². The number of hydrogen-bond donors (Lipinski definition) is 0. The van der Waals surface area contributed by atoms with Gasteiger partial charge in [-0.3, -0.25) is 14.3 Å². The topological polar surface area (TPSA) is 64.4 Å². The SMILES string of the molecule is O=C1[C@@H]2[C@H](C(=O)N1c1ccn(Cc3c(Cl)cccc3Cl)n1)[C@@H]1CC[C@@H]2O1. The number of aromatic nitrogens is 2. The lowest BCUT2D eigenvalue weighted by atomic mass is 9.81. The molecule has 0 saturated carbocycles. The molecule has 2 aromatic rings. The molecule has 0 aliphatic carbocycles. The van der Waals surface area contributed by atoms with Crippen LogP contribution in [0.25, 0.3) is 0 Å². The maximum Gasteiger partial charge on any atom is 0.241 e. The minimum atomic E-state index is -0.357. The first-order valence-electron chi connectivity index (χ1n) is 8.54. The van der Waals surface area contributed by atoms with E-state index >= 15 is 0 Å². The van der Waals surface area contributed by atoms with Gasteiger partial charge < -0.3 is 4.74 Å². The molecule has 2 amide bonds. The van der Waals surface area contributed by atoms with Crippen molar-refractivity contribution in [2.75, 3.05) is 4.90 Å². The van der Waals surface area contributed by atoms with E-state index in [1.807, 2.05) is 0 Å². The molecule has 3 fully saturated rings. The van der Waals surface area contributed by atoms with Gasteiger partial charge in [-0.1, -0.05) is 29.3 Å². The van der Waals surface area contributed by atoms with Crippen LogP contribution in [0.1, 0.15) is 18.4 Å². The zero-order valence-corrected chi connectivity index (χ0v) is 15.2. The lowest BCUT2D eigenvalue weighted by Gasteiger charge is -2.15. The summed E-state index contributed by atoms with van der Waals surface area (Å²) in [4.78, 5) is 26.8. The Hall–Kier alpha value is -1.89. The Labute approximate surface area is 159 Å². The minimum Gasteiger partial charge on any atom is -0.373 e. The van der Waals surface area contributed by atoms with E-state index in [4.69, 9.17) is 27.9 Å². The van der Waals surface area contributed by atoms with Crippen LogP contribution in [0.15, 0.2) is 30.5 Å². The number of fused-ring (bicyclic) bond motifs is 5. The van der Waals surface area contributed by atoms with Crippen molar-refractivity contribution in [2.24, 2.45) is 11.8 Å². The summed E-state index contributed by atoms with van der Waals surface area (Å²) in [5.41, 5.74) is 0.743. The Morgan fingerprint density at radius 3 is 2.27 bits per heavy atom. The molecule has 6 nitrogen and oxygen atoms in total. The highest BCUT2D eigenvalue weighted by Gasteiger charge is 2.63. The second kappa shape index (κ2) is 5.81. The maximum absolute atomic E-state index is 12.8. The molecule has 134 valence electrons. The minimum absolute atomic E-state index is 0.129. The van der Waals surface area contributed by atoms with Gasteiger partial charge in [-0.25, -0.2) is 4.90 Å². The van der Waals surface area contributed by atoms with Crippen LogP contribution in [0, 0.1) is 11.8 Å². The molecule has 0 N–H and O–H groups in total. The first-order valence-corrected chi connectivity index (χ1v) is 9.30. The largest absolute Gasteiger partial charge is 0.373 e. The quantitative estimate of drug-likeness (QED) is 0.754. The van der Waals surface area contributed by atoms with Crippen molar-refractivity contribution < 1.29 is 14.3 Å². The third kappa shape index (κ3) is 2.25. The summed E-state index contributed by atoms with van der Waals surface area (Å²) < 4.78 is 7.38. The zero-order chi connectivity index (χ0) is 18.0. The highest BCUT2D eigenvalue weighted by molar-refractivity contribution is 6.36. The predicted molar refractivity (Wildman–Crippen MR) is 95.2 cm³/mol. The van der Waals surface area contributed by atoms with Gasteiger partial charge in [-0.2, -0.15) is 5.10 Å². The van der Waals surface area contributed by atoms with E-state index < -0.39 is 0 Å². The number of halogens is 2. The number of hydrogen-bond acceptors (Lipinski definition) is 4. The molecule has 8 heteroatoms. The van der Waals surface area contributed by atoms with Crippen molar-refractivity contribution in [1.82, 2.24) is 9.78 Å². The third-order valence-electron chi connectivity index (χ3n) is 5.52. The van der Waals surface area contributed by atoms with E-state index in [0.717, 1.165) is 18.4 Å². The molecule has 3 aliphatic heterocycles. The molecule has 5 rings (SSSR count). The lowest BCUT2D eigenvalue weighted by Crippen LogP contribution is -2.34. The van der Waals surface area contributed by atoms with E-state index in [9.17, 15) is 9.59 Å². The third-order valence-corrected chi connectivity index (χ3v) is 6.23. The highest BCUT2D eigenvalue weighted by Crippen LogP contribution is 2.49. The fourth-order valence-electron chi connectivity index (χ4n) is 4.34. The molecule has 0 spiro atoms. The van der Waals surface area contributed by atoms with Crippen LogP contribution in [-0.2, 0) is 20.9 Å². The molecule has 0 radical (unpaired) electrons. The predicted octanol–water partition coefficient (Wildman–Crippen LogP) is 2.91. The summed E-state index contributed by atoms with van der Waals surface area (Å²) in [7, 11) is 0. The van der Waals surface area contributed by atoms with E-state index in [1.54, 1.807) is 35.1 Å². The van der Waals surface area contributed by atoms with Gasteiger partial charge >= 0.3 is 0 Å². The van der Waals surface area contributed by atoms with Gasteiger partial charge in [0.15, 0.2) is 5.82 Å². The molecule has 4 heterocycles. The van der Waals surface area contributed by atoms with E-state index in [2.05, 4.69) is 5.10 Å². The van der Waals surface area contributed by atoms with Gasteiger partial charge in [0.05, 0.1) is 30.6 Å². The molecule has 3 aliphatic rings. The smallest absolute Gasteiger partial charge is 0.241 e. The van der Waals surface area contributed by atoms with E-state index in [1.165, 1.54) is 4.90 Å². The highest BCUT2D eigenvalue weighted by atomic mass is 35.5. The van der Waals surface area contributed by atoms with Gasteiger partial charge in [0.2, 0.25) is 11.8 Å². The van der Waals surface area contributed by atoms with Crippen molar-refractivity contribution in [2.45, 2.75) is 31.6 Å². The standard InChI is InChI=1S/C18H15Cl2N3O3/c19-10-2-1-3-11(20)9(10)8-22-7-6-14(21-22)23-17(24)15-12-4-5-13(26-12)16(15)18(23)25/h1-3,6-7,12-13,15-16H,4-5,8H2/t12-,13-,15-,16+/m0/s1. The van der Waals surface area contributed by atoms with Crippen LogP contribution in [0.3, 0.4) is 0 Å². The first kappa shape index (κ1) is 16.3. The summed E-state index contributed by atoms with van der Waals surface area (Å²) in [6.45, 7) is 0.357. The summed E-state index contributed by atoms with van der Waals surface area (Å²) in [5, 5.41) is 5.51. The average molecular weight is 392 g/mol. The second-order valence-corrected chi connectivity index (χ2v) is 7.74. The van der Waals surface area contributed by atoms with Gasteiger partial charge in [0.25, 0.3) is 0 Å². The Balaban J connectivity index is 1.42. The van der Waals surface area contributed by atoms with Gasteiger partial charge in [0.1, 0.15) is 0 Å². The fourth-order valence-corrected chi connectivity index (χ4v) is 4.86. The average Bonchev–Trinajstić information content (AvgIpc) is 3.36. The zero-order valence-electron chi connectivity index (χ0n) is 13.6. The van der Waals surface area contributed by atoms with Crippen molar-refractivity contribution >= 4 is 40.8 Å². The number of imide groups is 1. The Kier molecular flexibility index (Phi) is 3.64. The number of carbonyl (C=O) groups excluding carboxylic acids is 2. The molecule has 26 heavy (non-hydrogen) atoms. The number of nitrogens with zero attached hydrogens (tertiary/aromatic N) is 3. The molecular formula is C18H15Cl2N3O3. The van der Waals surface area contributed by atoms with E-state index in [0.29, 0.717) is 22.4 Å². The van der Waals surface area contributed by atoms with Crippen LogP contribution in [0.2, 0.25) is 10.0 Å². The maximum atomic E-state index is 12.8. The van der Waals surface area contributed by atoms with Crippen molar-refractivity contribution in [1.29, 1.82) is 0 Å². The summed E-state index contributed by atoms with van der Waals surface area (Å²) in [6.07, 6.45) is 3.15. The Bertz CT molecular complexity index is 880. The fraction of sp³-hybridized carbons (Fsp3) is 0.389. The number of ether oxygens (including phenoxy) is 1. The van der Waals surface area contributed by atoms with Crippen LogP contribution >= 0.6 is 23.2 Å². The molecule has 2 bridgehead atoms. The monoisotopic (exact) mass is 391 g/mol. The Morgan fingerprint density at radius 1 is 1.04 bits per heavy atom. The lowest BCUT2D eigenvalue weighted by molar-refractivity contribution is -0.124. The molecule has 0 unspecified atom stereocenters. The van der Waals surface area contributed by atoms with Gasteiger partial charge in [0, 0.05) is 27.9 Å². The molecule has 1 aromatic heterocycles. The normalized spacial score (nSPS) is 29.7. The number of anilines is 1. The first-order chi connectivity index (χ1) is 12.5. The molecule has 1 aromatic carbocycles. The van der Waals surface area contributed by atoms with E-state index in [-0.39, 0.29) is 35.9 Å². The molecular weight excluding hydrogens is 377 g/mol. The summed E-state index contributed by atoms with van der Waals surface area (Å²) in [5.74, 6) is -0.771. The Morgan fingerprint density at radius 2 is 1.65 bits per heavy atom. The number of benzene rings is 1. The second-order valence-electron chi connectivity index (χ2n) is 6.93. The van der Waals surface area contributed by atoms with Gasteiger partial charge in [-0.15, -0.1) is 0 Å². The summed E-state index contributed by atoms with van der Waals surface area (Å²) in [6, 6.07) is 6.97. The number of carbonyl (C=O) groups is 2.